The highest BCUT2D eigenvalue weighted by Crippen LogP contribution is 2.15. The van der Waals surface area contributed by atoms with Gasteiger partial charge in [-0.2, -0.15) is 0 Å². The Morgan fingerprint density at radius 3 is 2.56 bits per heavy atom. The molecule has 1 N–H and O–H groups in total. The van der Waals surface area contributed by atoms with Gasteiger partial charge in [0.25, 0.3) is 0 Å². The standard InChI is InChI=1S/C15H18N2S/c1-12(11-14-9-6-10-18-14)17(2)15(16)13-7-4-3-5-8-13/h3-10,12,16H,11H2,1-2H3. The van der Waals surface area contributed by atoms with Crippen LogP contribution in [0.15, 0.2) is 47.8 Å². The molecule has 1 atom stereocenters. The van der Waals surface area contributed by atoms with Crippen LogP contribution in [-0.4, -0.2) is 23.8 Å². The summed E-state index contributed by atoms with van der Waals surface area (Å²) < 4.78 is 0. The van der Waals surface area contributed by atoms with E-state index in [1.807, 2.05) is 42.3 Å². The average molecular weight is 258 g/mol. The van der Waals surface area contributed by atoms with Crippen molar-refractivity contribution in [3.05, 3.63) is 58.3 Å². The number of amidine groups is 1. The fourth-order valence-corrected chi connectivity index (χ4v) is 2.70. The first kappa shape index (κ1) is 12.8. The first-order chi connectivity index (χ1) is 8.68. The zero-order chi connectivity index (χ0) is 13.0. The maximum atomic E-state index is 8.22. The Kier molecular flexibility index (Phi) is 4.15. The van der Waals surface area contributed by atoms with Gasteiger partial charge in [0.1, 0.15) is 5.84 Å². The predicted molar refractivity (Wildman–Crippen MR) is 78.5 cm³/mol. The zero-order valence-corrected chi connectivity index (χ0v) is 11.6. The summed E-state index contributed by atoms with van der Waals surface area (Å²) in [6.07, 6.45) is 0.989. The molecule has 1 heterocycles. The smallest absolute Gasteiger partial charge is 0.128 e. The molecule has 2 aromatic rings. The molecule has 18 heavy (non-hydrogen) atoms. The van der Waals surface area contributed by atoms with Gasteiger partial charge in [-0.25, -0.2) is 0 Å². The Morgan fingerprint density at radius 1 is 1.22 bits per heavy atom. The molecule has 3 heteroatoms. The van der Waals surface area contributed by atoms with Crippen molar-refractivity contribution >= 4 is 17.2 Å². The molecule has 94 valence electrons. The third kappa shape index (κ3) is 2.99. The van der Waals surface area contributed by atoms with Crippen LogP contribution in [0.1, 0.15) is 17.4 Å². The van der Waals surface area contributed by atoms with Crippen LogP contribution in [-0.2, 0) is 6.42 Å². The molecule has 0 saturated carbocycles. The monoisotopic (exact) mass is 258 g/mol. The first-order valence-corrected chi connectivity index (χ1v) is 6.95. The summed E-state index contributed by atoms with van der Waals surface area (Å²) in [5.74, 6) is 0.583. The molecule has 0 bridgehead atoms. The van der Waals surface area contributed by atoms with Crippen LogP contribution in [0.2, 0.25) is 0 Å². The summed E-state index contributed by atoms with van der Waals surface area (Å²) in [5.41, 5.74) is 0.970. The molecular formula is C15H18N2S. The largest absolute Gasteiger partial charge is 0.357 e. The van der Waals surface area contributed by atoms with Crippen molar-refractivity contribution in [2.75, 3.05) is 7.05 Å². The maximum Gasteiger partial charge on any atom is 0.128 e. The molecule has 0 saturated heterocycles. The first-order valence-electron chi connectivity index (χ1n) is 6.07. The van der Waals surface area contributed by atoms with E-state index >= 15 is 0 Å². The van der Waals surface area contributed by atoms with Crippen LogP contribution in [0, 0.1) is 5.41 Å². The van der Waals surface area contributed by atoms with Crippen molar-refractivity contribution in [1.82, 2.24) is 4.90 Å². The molecule has 1 unspecified atom stereocenters. The predicted octanol–water partition coefficient (Wildman–Crippen LogP) is 3.64. The minimum atomic E-state index is 0.330. The maximum absolute atomic E-state index is 8.22. The van der Waals surface area contributed by atoms with Crippen molar-refractivity contribution in [3.63, 3.8) is 0 Å². The summed E-state index contributed by atoms with van der Waals surface area (Å²) in [7, 11) is 1.99. The molecular weight excluding hydrogens is 240 g/mol. The molecule has 0 aliphatic carbocycles. The topological polar surface area (TPSA) is 27.1 Å². The van der Waals surface area contributed by atoms with E-state index in [9.17, 15) is 0 Å². The van der Waals surface area contributed by atoms with Gasteiger partial charge in [-0.1, -0.05) is 36.4 Å². The van der Waals surface area contributed by atoms with Crippen molar-refractivity contribution in [1.29, 1.82) is 5.41 Å². The molecule has 2 rings (SSSR count). The molecule has 0 radical (unpaired) electrons. The Balaban J connectivity index is 2.02. The van der Waals surface area contributed by atoms with Crippen LogP contribution in [0.3, 0.4) is 0 Å². The molecule has 1 aromatic heterocycles. The molecule has 0 aliphatic heterocycles. The number of thiophene rings is 1. The van der Waals surface area contributed by atoms with E-state index in [1.54, 1.807) is 11.3 Å². The lowest BCUT2D eigenvalue weighted by molar-refractivity contribution is 0.388. The number of hydrogen-bond donors (Lipinski definition) is 1. The average Bonchev–Trinajstić information content (AvgIpc) is 2.91. The number of nitrogens with one attached hydrogen (secondary N) is 1. The molecule has 0 fully saturated rings. The van der Waals surface area contributed by atoms with E-state index in [2.05, 4.69) is 24.4 Å². The van der Waals surface area contributed by atoms with Crippen LogP contribution < -0.4 is 0 Å². The van der Waals surface area contributed by atoms with Crippen molar-refractivity contribution in [2.45, 2.75) is 19.4 Å². The van der Waals surface area contributed by atoms with Gasteiger partial charge in [-0.15, -0.1) is 11.3 Å². The Labute approximate surface area is 112 Å². The number of hydrogen-bond acceptors (Lipinski definition) is 2. The molecule has 1 aromatic carbocycles. The van der Waals surface area contributed by atoms with E-state index in [-0.39, 0.29) is 0 Å². The van der Waals surface area contributed by atoms with Crippen molar-refractivity contribution in [3.8, 4) is 0 Å². The van der Waals surface area contributed by atoms with Gasteiger partial charge in [0.2, 0.25) is 0 Å². The summed E-state index contributed by atoms with van der Waals surface area (Å²) in [6.45, 7) is 2.16. The fraction of sp³-hybridized carbons (Fsp3) is 0.267. The van der Waals surface area contributed by atoms with Crippen molar-refractivity contribution in [2.24, 2.45) is 0 Å². The van der Waals surface area contributed by atoms with Crippen molar-refractivity contribution < 1.29 is 0 Å². The Morgan fingerprint density at radius 2 is 1.94 bits per heavy atom. The zero-order valence-electron chi connectivity index (χ0n) is 10.8. The number of rotatable bonds is 4. The van der Waals surface area contributed by atoms with Gasteiger partial charge in [0, 0.05) is 30.0 Å². The van der Waals surface area contributed by atoms with E-state index in [0.29, 0.717) is 11.9 Å². The van der Waals surface area contributed by atoms with Gasteiger partial charge in [-0.3, -0.25) is 5.41 Å². The van der Waals surface area contributed by atoms with Gasteiger partial charge < -0.3 is 4.90 Å². The lowest BCUT2D eigenvalue weighted by atomic mass is 10.1. The lowest BCUT2D eigenvalue weighted by Gasteiger charge is -2.27. The van der Waals surface area contributed by atoms with E-state index in [4.69, 9.17) is 5.41 Å². The minimum Gasteiger partial charge on any atom is -0.357 e. The summed E-state index contributed by atoms with van der Waals surface area (Å²) in [5, 5.41) is 10.3. The SMILES string of the molecule is CC(Cc1cccs1)N(C)C(=N)c1ccccc1. The van der Waals surface area contributed by atoms with E-state index in [1.165, 1.54) is 4.88 Å². The summed E-state index contributed by atoms with van der Waals surface area (Å²) in [6, 6.07) is 14.5. The fourth-order valence-electron chi connectivity index (χ4n) is 1.88. The Bertz CT molecular complexity index is 490. The molecule has 0 amide bonds. The molecule has 0 spiro atoms. The normalized spacial score (nSPS) is 12.1. The quantitative estimate of drug-likeness (QED) is 0.658. The lowest BCUT2D eigenvalue weighted by Crippen LogP contribution is -2.36. The summed E-state index contributed by atoms with van der Waals surface area (Å²) >= 11 is 1.78. The van der Waals surface area contributed by atoms with Crippen LogP contribution >= 0.6 is 11.3 Å². The highest BCUT2D eigenvalue weighted by Gasteiger charge is 2.14. The van der Waals surface area contributed by atoms with E-state index < -0.39 is 0 Å². The second-order valence-corrected chi connectivity index (χ2v) is 5.49. The highest BCUT2D eigenvalue weighted by atomic mass is 32.1. The van der Waals surface area contributed by atoms with Gasteiger partial charge in [0.15, 0.2) is 0 Å². The number of likely N-dealkylation sites (N-methyl/N-ethyl adjacent to an activating group) is 1. The summed E-state index contributed by atoms with van der Waals surface area (Å²) in [4.78, 5) is 3.41. The van der Waals surface area contributed by atoms with Crippen LogP contribution in [0.5, 0.6) is 0 Å². The highest BCUT2D eigenvalue weighted by molar-refractivity contribution is 7.09. The van der Waals surface area contributed by atoms with Crippen LogP contribution in [0.4, 0.5) is 0 Å². The molecule has 2 nitrogen and oxygen atoms in total. The third-order valence-corrected chi connectivity index (χ3v) is 4.04. The minimum absolute atomic E-state index is 0.330. The number of benzene rings is 1. The van der Waals surface area contributed by atoms with Gasteiger partial charge in [-0.05, 0) is 18.4 Å². The van der Waals surface area contributed by atoms with E-state index in [0.717, 1.165) is 12.0 Å². The number of nitrogens with zero attached hydrogens (tertiary/aromatic N) is 1. The van der Waals surface area contributed by atoms with Gasteiger partial charge >= 0.3 is 0 Å². The van der Waals surface area contributed by atoms with Gasteiger partial charge in [0.05, 0.1) is 0 Å². The van der Waals surface area contributed by atoms with Crippen LogP contribution in [0.25, 0.3) is 0 Å². The Hall–Kier alpha value is -1.61. The third-order valence-electron chi connectivity index (χ3n) is 3.14. The second-order valence-electron chi connectivity index (χ2n) is 4.46. The second kappa shape index (κ2) is 5.83. The molecule has 0 aliphatic rings.